The lowest BCUT2D eigenvalue weighted by molar-refractivity contribution is -0.311. The summed E-state index contributed by atoms with van der Waals surface area (Å²) in [5.74, 6) is -1.42. The van der Waals surface area contributed by atoms with Gasteiger partial charge in [0.05, 0.1) is 0 Å². The van der Waals surface area contributed by atoms with Gasteiger partial charge in [0.2, 0.25) is 0 Å². The lowest BCUT2D eigenvalue weighted by atomic mass is 10.0. The van der Waals surface area contributed by atoms with Crippen LogP contribution in [0.25, 0.3) is 0 Å². The SMILES string of the molecule is CCCC(CCC(C)C(=O)[O-])SC(C)=O. The fraction of sp³-hybridized carbons (Fsp3) is 0.818. The van der Waals surface area contributed by atoms with E-state index >= 15 is 0 Å². The minimum atomic E-state index is -1.00. The highest BCUT2D eigenvalue weighted by Gasteiger charge is 2.13. The van der Waals surface area contributed by atoms with E-state index in [2.05, 4.69) is 6.92 Å². The molecule has 0 saturated heterocycles. The first kappa shape index (κ1) is 14.5. The summed E-state index contributed by atoms with van der Waals surface area (Å²) in [6, 6.07) is 0. The van der Waals surface area contributed by atoms with Crippen LogP contribution in [0.1, 0.15) is 46.5 Å². The third-order valence-electron chi connectivity index (χ3n) is 2.27. The number of carbonyl (C=O) groups is 2. The minimum Gasteiger partial charge on any atom is -0.550 e. The largest absolute Gasteiger partial charge is 0.550 e. The highest BCUT2D eigenvalue weighted by Crippen LogP contribution is 2.23. The average Bonchev–Trinajstić information content (AvgIpc) is 2.13. The highest BCUT2D eigenvalue weighted by molar-refractivity contribution is 8.14. The number of hydrogen-bond donors (Lipinski definition) is 0. The number of aliphatic carboxylic acids is 1. The number of carboxylic acid groups (broad SMARTS) is 1. The van der Waals surface area contributed by atoms with E-state index in [0.29, 0.717) is 6.42 Å². The number of rotatable bonds is 7. The summed E-state index contributed by atoms with van der Waals surface area (Å²) in [6.45, 7) is 5.27. The fourth-order valence-electron chi connectivity index (χ4n) is 1.37. The van der Waals surface area contributed by atoms with Crippen molar-refractivity contribution >= 4 is 22.8 Å². The molecule has 0 heterocycles. The zero-order valence-corrected chi connectivity index (χ0v) is 10.4. The first-order valence-corrected chi connectivity index (χ1v) is 6.23. The average molecular weight is 231 g/mol. The van der Waals surface area contributed by atoms with Crippen molar-refractivity contribution in [2.45, 2.75) is 51.7 Å². The zero-order chi connectivity index (χ0) is 11.8. The van der Waals surface area contributed by atoms with Gasteiger partial charge >= 0.3 is 0 Å². The van der Waals surface area contributed by atoms with Crippen molar-refractivity contribution in [3.8, 4) is 0 Å². The summed E-state index contributed by atoms with van der Waals surface area (Å²) in [7, 11) is 0. The van der Waals surface area contributed by atoms with E-state index in [1.54, 1.807) is 13.8 Å². The Balaban J connectivity index is 3.94. The predicted molar refractivity (Wildman–Crippen MR) is 60.4 cm³/mol. The van der Waals surface area contributed by atoms with Crippen LogP contribution in [0, 0.1) is 5.92 Å². The molecule has 2 atom stereocenters. The maximum absolute atomic E-state index is 10.9. The van der Waals surface area contributed by atoms with Gasteiger partial charge in [0, 0.05) is 18.1 Å². The molecule has 2 unspecified atom stereocenters. The van der Waals surface area contributed by atoms with E-state index in [1.807, 2.05) is 0 Å². The second-order valence-electron chi connectivity index (χ2n) is 3.82. The normalized spacial score (nSPS) is 14.6. The van der Waals surface area contributed by atoms with Crippen LogP contribution in [0.15, 0.2) is 0 Å². The van der Waals surface area contributed by atoms with Crippen LogP contribution in [-0.2, 0) is 9.59 Å². The second-order valence-corrected chi connectivity index (χ2v) is 5.29. The number of carbonyl (C=O) groups excluding carboxylic acids is 2. The van der Waals surface area contributed by atoms with Gasteiger partial charge in [-0.25, -0.2) is 0 Å². The van der Waals surface area contributed by atoms with Gasteiger partial charge in [0.15, 0.2) is 5.12 Å². The summed E-state index contributed by atoms with van der Waals surface area (Å²) < 4.78 is 0. The lowest BCUT2D eigenvalue weighted by Gasteiger charge is -2.17. The molecule has 15 heavy (non-hydrogen) atoms. The van der Waals surface area contributed by atoms with E-state index in [-0.39, 0.29) is 10.4 Å². The molecule has 0 radical (unpaired) electrons. The Labute approximate surface area is 95.6 Å². The van der Waals surface area contributed by atoms with Crippen LogP contribution < -0.4 is 5.11 Å². The van der Waals surface area contributed by atoms with Gasteiger partial charge in [-0.1, -0.05) is 32.0 Å². The van der Waals surface area contributed by atoms with Crippen molar-refractivity contribution in [2.24, 2.45) is 5.92 Å². The second kappa shape index (κ2) is 7.74. The molecule has 3 nitrogen and oxygen atoms in total. The fourth-order valence-corrected chi connectivity index (χ4v) is 2.45. The van der Waals surface area contributed by atoms with Crippen LogP contribution >= 0.6 is 11.8 Å². The predicted octanol–water partition coefficient (Wildman–Crippen LogP) is 1.60. The Morgan fingerprint density at radius 3 is 2.27 bits per heavy atom. The van der Waals surface area contributed by atoms with Crippen molar-refractivity contribution < 1.29 is 14.7 Å². The van der Waals surface area contributed by atoms with Gasteiger partial charge in [-0.05, 0) is 25.2 Å². The molecule has 0 aromatic carbocycles. The third-order valence-corrected chi connectivity index (χ3v) is 3.40. The quantitative estimate of drug-likeness (QED) is 0.668. The molecule has 0 saturated carbocycles. The summed E-state index contributed by atoms with van der Waals surface area (Å²) >= 11 is 1.33. The van der Waals surface area contributed by atoms with Crippen LogP contribution in [0.4, 0.5) is 0 Å². The van der Waals surface area contributed by atoms with Gasteiger partial charge in [0.1, 0.15) is 0 Å². The van der Waals surface area contributed by atoms with E-state index < -0.39 is 11.9 Å². The number of carboxylic acids is 1. The van der Waals surface area contributed by atoms with Gasteiger partial charge in [0.25, 0.3) is 0 Å². The monoisotopic (exact) mass is 231 g/mol. The van der Waals surface area contributed by atoms with E-state index in [9.17, 15) is 14.7 Å². The van der Waals surface area contributed by atoms with Crippen LogP contribution in [-0.4, -0.2) is 16.3 Å². The van der Waals surface area contributed by atoms with Crippen molar-refractivity contribution in [3.05, 3.63) is 0 Å². The first-order valence-electron chi connectivity index (χ1n) is 5.35. The third kappa shape index (κ3) is 7.42. The Kier molecular flexibility index (Phi) is 7.48. The van der Waals surface area contributed by atoms with E-state index in [0.717, 1.165) is 19.3 Å². The molecular weight excluding hydrogens is 212 g/mol. The van der Waals surface area contributed by atoms with E-state index in [4.69, 9.17) is 0 Å². The van der Waals surface area contributed by atoms with Crippen LogP contribution in [0.5, 0.6) is 0 Å². The first-order chi connectivity index (χ1) is 6.97. The van der Waals surface area contributed by atoms with Gasteiger partial charge in [-0.3, -0.25) is 4.79 Å². The molecule has 0 aliphatic heterocycles. The molecule has 0 aliphatic rings. The molecule has 0 bridgehead atoms. The van der Waals surface area contributed by atoms with E-state index in [1.165, 1.54) is 11.8 Å². The molecule has 0 spiro atoms. The molecule has 0 fully saturated rings. The maximum atomic E-state index is 10.9. The topological polar surface area (TPSA) is 57.2 Å². The minimum absolute atomic E-state index is 0.106. The molecule has 0 N–H and O–H groups in total. The van der Waals surface area contributed by atoms with Gasteiger partial charge in [-0.2, -0.15) is 0 Å². The zero-order valence-electron chi connectivity index (χ0n) is 9.62. The summed E-state index contributed by atoms with van der Waals surface area (Å²) in [6.07, 6.45) is 3.34. The summed E-state index contributed by atoms with van der Waals surface area (Å²) in [4.78, 5) is 21.4. The summed E-state index contributed by atoms with van der Waals surface area (Å²) in [5.41, 5.74) is 0. The van der Waals surface area contributed by atoms with Gasteiger partial charge in [-0.15, -0.1) is 0 Å². The van der Waals surface area contributed by atoms with Crippen molar-refractivity contribution in [3.63, 3.8) is 0 Å². The van der Waals surface area contributed by atoms with Crippen LogP contribution in [0.3, 0.4) is 0 Å². The highest BCUT2D eigenvalue weighted by atomic mass is 32.2. The number of thioether (sulfide) groups is 1. The Bertz CT molecular complexity index is 216. The molecule has 88 valence electrons. The molecule has 4 heteroatoms. The lowest BCUT2D eigenvalue weighted by Crippen LogP contribution is -2.29. The standard InChI is InChI=1S/C11H20O3S/c1-4-5-10(15-9(3)12)7-6-8(2)11(13)14/h8,10H,4-7H2,1-3H3,(H,13,14)/p-1. The molecule has 0 aliphatic carbocycles. The molecular formula is C11H19O3S-. The Hall–Kier alpha value is -0.510. The molecule has 0 aromatic heterocycles. The van der Waals surface area contributed by atoms with Crippen molar-refractivity contribution in [1.29, 1.82) is 0 Å². The Morgan fingerprint density at radius 2 is 1.87 bits per heavy atom. The Morgan fingerprint density at radius 1 is 1.27 bits per heavy atom. The van der Waals surface area contributed by atoms with Crippen LogP contribution in [0.2, 0.25) is 0 Å². The van der Waals surface area contributed by atoms with Crippen molar-refractivity contribution in [2.75, 3.05) is 0 Å². The van der Waals surface area contributed by atoms with Crippen molar-refractivity contribution in [1.82, 2.24) is 0 Å². The smallest absolute Gasteiger partial charge is 0.186 e. The molecule has 0 amide bonds. The summed E-state index contributed by atoms with van der Waals surface area (Å²) in [5, 5.41) is 10.9. The maximum Gasteiger partial charge on any atom is 0.186 e. The molecule has 0 rings (SSSR count). The van der Waals surface area contributed by atoms with Gasteiger partial charge < -0.3 is 9.90 Å². The number of hydrogen-bond acceptors (Lipinski definition) is 4. The molecule has 0 aromatic rings.